The van der Waals surface area contributed by atoms with E-state index in [-0.39, 0.29) is 29.6 Å². The summed E-state index contributed by atoms with van der Waals surface area (Å²) in [6.45, 7) is 10.4. The topological polar surface area (TPSA) is 58.6 Å². The Morgan fingerprint density at radius 1 is 1.00 bits per heavy atom. The molecule has 0 aliphatic heterocycles. The summed E-state index contributed by atoms with van der Waals surface area (Å²) in [6, 6.07) is 0. The van der Waals surface area contributed by atoms with Crippen LogP contribution in [-0.4, -0.2) is 17.2 Å². The van der Waals surface area contributed by atoms with Gasteiger partial charge in [-0.15, -0.1) is 0 Å². The predicted molar refractivity (Wildman–Crippen MR) is 54.8 cm³/mol. The van der Waals surface area contributed by atoms with E-state index in [0.717, 1.165) is 6.08 Å². The first-order chi connectivity index (χ1) is 6.49. The maximum absolute atomic E-state index is 11.2. The predicted octanol–water partition coefficient (Wildman–Crippen LogP) is -1.65. The Hall–Kier alpha value is -0.190. The molecule has 0 saturated heterocycles. The van der Waals surface area contributed by atoms with Crippen molar-refractivity contribution in [3.63, 3.8) is 0 Å². The molecule has 0 radical (unpaired) electrons. The molecule has 0 aliphatic carbocycles. The number of ether oxygens (including phenoxy) is 2. The van der Waals surface area contributed by atoms with Gasteiger partial charge >= 0.3 is 35.5 Å². The fraction of sp³-hybridized carbons (Fsp3) is 0.727. The van der Waals surface area contributed by atoms with Crippen LogP contribution in [0.4, 0.5) is 0 Å². The summed E-state index contributed by atoms with van der Waals surface area (Å²) in [5, 5.41) is 11.2. The van der Waals surface area contributed by atoms with Crippen LogP contribution in [0.25, 0.3) is 0 Å². The Kier molecular flexibility index (Phi) is 7.41. The summed E-state index contributed by atoms with van der Waals surface area (Å²) < 4.78 is 9.86. The second-order valence-corrected chi connectivity index (χ2v) is 5.21. The summed E-state index contributed by atoms with van der Waals surface area (Å²) in [5.74, 6) is -1.37. The van der Waals surface area contributed by atoms with E-state index >= 15 is 0 Å². The Bertz CT molecular complexity index is 258. The zero-order valence-electron chi connectivity index (χ0n) is 11.2. The van der Waals surface area contributed by atoms with E-state index in [1.165, 1.54) is 0 Å². The van der Waals surface area contributed by atoms with Crippen LogP contribution >= 0.6 is 0 Å². The van der Waals surface area contributed by atoms with E-state index in [0.29, 0.717) is 0 Å². The van der Waals surface area contributed by atoms with Crippen LogP contribution in [-0.2, 0) is 14.3 Å². The van der Waals surface area contributed by atoms with Crippen molar-refractivity contribution < 1.29 is 48.9 Å². The Morgan fingerprint density at radius 3 is 1.69 bits per heavy atom. The van der Waals surface area contributed by atoms with E-state index in [1.54, 1.807) is 41.5 Å². The van der Waals surface area contributed by atoms with Gasteiger partial charge in [-0.2, -0.15) is 0 Å². The van der Waals surface area contributed by atoms with Gasteiger partial charge in [0.25, 0.3) is 0 Å². The molecule has 5 heteroatoms. The van der Waals surface area contributed by atoms with Gasteiger partial charge in [0.15, 0.2) is 0 Å². The molecular weight excluding hydrogens is 219 g/mol. The fourth-order valence-electron chi connectivity index (χ4n) is 0.759. The van der Waals surface area contributed by atoms with Gasteiger partial charge in [0.1, 0.15) is 5.60 Å². The van der Waals surface area contributed by atoms with Crippen LogP contribution in [0.2, 0.25) is 0 Å². The normalized spacial score (nSPS) is 12.8. The Morgan fingerprint density at radius 2 is 1.38 bits per heavy atom. The third-order valence-corrected chi connectivity index (χ3v) is 1.05. The van der Waals surface area contributed by atoms with Gasteiger partial charge in [-0.3, -0.25) is 0 Å². The van der Waals surface area contributed by atoms with Crippen molar-refractivity contribution in [3.8, 4) is 0 Å². The Balaban J connectivity index is 0. The number of carbonyl (C=O) groups excluding carboxylic acids is 1. The first-order valence-corrected chi connectivity index (χ1v) is 4.80. The van der Waals surface area contributed by atoms with E-state index in [9.17, 15) is 9.90 Å². The van der Waals surface area contributed by atoms with Crippen molar-refractivity contribution in [3.05, 3.63) is 12.0 Å². The van der Waals surface area contributed by atoms with Gasteiger partial charge < -0.3 is 14.6 Å². The van der Waals surface area contributed by atoms with Crippen molar-refractivity contribution in [1.82, 2.24) is 0 Å². The molecule has 0 N–H and O–H groups in total. The van der Waals surface area contributed by atoms with Crippen molar-refractivity contribution in [2.24, 2.45) is 0 Å². The molecule has 0 aliphatic rings. The standard InChI is InChI=1S/C11H20O4.Na/c1-10(2,3)14-8(12)7-9(13)15-11(4,5)6;/h7,12H,1-6H3;/q;+1/p-1/b8-7+;. The SMILES string of the molecule is CC(C)(C)OC(=O)/C=C(\[O-])OC(C)(C)C.[Na+]. The van der Waals surface area contributed by atoms with Gasteiger partial charge in [0.05, 0.1) is 5.95 Å². The van der Waals surface area contributed by atoms with Crippen molar-refractivity contribution in [2.75, 3.05) is 0 Å². The molecule has 4 nitrogen and oxygen atoms in total. The van der Waals surface area contributed by atoms with E-state index in [2.05, 4.69) is 0 Å². The minimum Gasteiger partial charge on any atom is -0.607 e. The van der Waals surface area contributed by atoms with Crippen molar-refractivity contribution >= 4 is 5.97 Å². The van der Waals surface area contributed by atoms with Crippen LogP contribution in [0.15, 0.2) is 12.0 Å². The molecule has 0 rings (SSSR count). The minimum absolute atomic E-state index is 0. The molecule has 0 bridgehead atoms. The fourth-order valence-corrected chi connectivity index (χ4v) is 0.759. The quantitative estimate of drug-likeness (QED) is 0.250. The number of rotatable bonds is 2. The van der Waals surface area contributed by atoms with Gasteiger partial charge in [-0.05, 0) is 20.8 Å². The number of carbonyl (C=O) groups is 1. The number of hydrogen-bond acceptors (Lipinski definition) is 4. The molecule has 0 atom stereocenters. The third-order valence-electron chi connectivity index (χ3n) is 1.05. The third kappa shape index (κ3) is 11.9. The molecule has 0 aromatic heterocycles. The molecule has 0 saturated carbocycles. The van der Waals surface area contributed by atoms with Crippen molar-refractivity contribution in [1.29, 1.82) is 0 Å². The minimum atomic E-state index is -0.684. The van der Waals surface area contributed by atoms with E-state index in [4.69, 9.17) is 9.47 Å². The molecule has 0 fully saturated rings. The molecule has 0 aromatic carbocycles. The largest absolute Gasteiger partial charge is 1.00 e. The Labute approximate surface area is 119 Å². The monoisotopic (exact) mass is 238 g/mol. The zero-order chi connectivity index (χ0) is 12.3. The van der Waals surface area contributed by atoms with Gasteiger partial charge in [0, 0.05) is 11.7 Å². The number of hydrogen-bond donors (Lipinski definition) is 0. The number of esters is 1. The molecule has 0 spiro atoms. The second-order valence-electron chi connectivity index (χ2n) is 5.21. The molecule has 0 amide bonds. The maximum atomic E-state index is 11.2. The maximum Gasteiger partial charge on any atom is 1.00 e. The van der Waals surface area contributed by atoms with Gasteiger partial charge in [0.2, 0.25) is 0 Å². The van der Waals surface area contributed by atoms with Gasteiger partial charge in [-0.25, -0.2) is 4.79 Å². The van der Waals surface area contributed by atoms with Crippen LogP contribution in [0.1, 0.15) is 41.5 Å². The summed E-state index contributed by atoms with van der Waals surface area (Å²) in [4.78, 5) is 11.2. The molecule has 0 heterocycles. The molecule has 88 valence electrons. The van der Waals surface area contributed by atoms with Crippen LogP contribution < -0.4 is 34.7 Å². The van der Waals surface area contributed by atoms with Crippen molar-refractivity contribution in [2.45, 2.75) is 52.7 Å². The summed E-state index contributed by atoms with van der Waals surface area (Å²) >= 11 is 0. The smallest absolute Gasteiger partial charge is 0.607 e. The van der Waals surface area contributed by atoms with E-state index < -0.39 is 23.1 Å². The summed E-state index contributed by atoms with van der Waals surface area (Å²) in [7, 11) is 0. The molecular formula is C11H19NaO4. The average molecular weight is 238 g/mol. The molecule has 16 heavy (non-hydrogen) atoms. The molecule has 0 aromatic rings. The first-order valence-electron chi connectivity index (χ1n) is 4.80. The summed E-state index contributed by atoms with van der Waals surface area (Å²) in [6.07, 6.45) is 0.816. The van der Waals surface area contributed by atoms with Crippen LogP contribution in [0.3, 0.4) is 0 Å². The average Bonchev–Trinajstić information content (AvgIpc) is 1.73. The van der Waals surface area contributed by atoms with E-state index in [1.807, 2.05) is 0 Å². The van der Waals surface area contributed by atoms with Crippen LogP contribution in [0.5, 0.6) is 0 Å². The van der Waals surface area contributed by atoms with Crippen LogP contribution in [0, 0.1) is 0 Å². The zero-order valence-corrected chi connectivity index (χ0v) is 13.2. The first kappa shape index (κ1) is 18.2. The van der Waals surface area contributed by atoms with Gasteiger partial charge in [-0.1, -0.05) is 20.8 Å². The second kappa shape index (κ2) is 6.52. The molecule has 0 unspecified atom stereocenters. The summed E-state index contributed by atoms with van der Waals surface area (Å²) in [5.41, 5.74) is -1.20.